The highest BCUT2D eigenvalue weighted by Crippen LogP contribution is 2.66. The van der Waals surface area contributed by atoms with E-state index in [1.54, 1.807) is 6.92 Å². The molecule has 1 aromatic carbocycles. The van der Waals surface area contributed by atoms with Crippen LogP contribution in [0.1, 0.15) is 87.6 Å². The van der Waals surface area contributed by atoms with Gasteiger partial charge in [-0.25, -0.2) is 0 Å². The maximum absolute atomic E-state index is 12.1. The van der Waals surface area contributed by atoms with Crippen LogP contribution in [0.4, 0.5) is 0 Å². The Morgan fingerprint density at radius 3 is 2.70 bits per heavy atom. The second-order valence-corrected chi connectivity index (χ2v) is 10.5. The van der Waals surface area contributed by atoms with Crippen molar-refractivity contribution in [3.8, 4) is 0 Å². The van der Waals surface area contributed by atoms with Gasteiger partial charge in [-0.1, -0.05) is 30.7 Å². The van der Waals surface area contributed by atoms with Crippen molar-refractivity contribution in [2.24, 2.45) is 17.3 Å². The molecule has 0 amide bonds. The number of hydrogen-bond donors (Lipinski definition) is 1. The number of hydrogen-bond acceptors (Lipinski definition) is 3. The van der Waals surface area contributed by atoms with Crippen LogP contribution in [-0.4, -0.2) is 22.3 Å². The van der Waals surface area contributed by atoms with Crippen LogP contribution in [-0.2, 0) is 4.79 Å². The van der Waals surface area contributed by atoms with Crippen LogP contribution in [0.25, 0.3) is 0 Å². The smallest absolute Gasteiger partial charge is 0.159 e. The molecule has 1 N–H and O–H groups in total. The maximum Gasteiger partial charge on any atom is 0.159 e. The summed E-state index contributed by atoms with van der Waals surface area (Å²) in [5, 5.41) is 11.4. The molecule has 1 aromatic rings. The fraction of sp³-hybridized carbons (Fsp3) is 0.556. The molecular formula is C27H32O3. The van der Waals surface area contributed by atoms with E-state index >= 15 is 0 Å². The van der Waals surface area contributed by atoms with Crippen LogP contribution in [0, 0.1) is 17.3 Å². The number of allylic oxidation sites excluding steroid dienone is 4. The van der Waals surface area contributed by atoms with Crippen molar-refractivity contribution in [2.45, 2.75) is 77.2 Å². The first-order valence-electron chi connectivity index (χ1n) is 11.5. The zero-order chi connectivity index (χ0) is 21.3. The van der Waals surface area contributed by atoms with Crippen LogP contribution in [0.15, 0.2) is 47.1 Å². The van der Waals surface area contributed by atoms with Gasteiger partial charge in [0.1, 0.15) is 0 Å². The molecule has 2 saturated carbocycles. The molecule has 0 radical (unpaired) electrons. The van der Waals surface area contributed by atoms with Crippen molar-refractivity contribution in [3.63, 3.8) is 0 Å². The summed E-state index contributed by atoms with van der Waals surface area (Å²) < 4.78 is 0. The highest BCUT2D eigenvalue weighted by atomic mass is 16.3. The Morgan fingerprint density at radius 1 is 1.13 bits per heavy atom. The SMILES string of the molecule is CC(=O)c1cccc([C@H]2CC3(C)C(CCC3(C)O)C3CCC4=CC(=O)CCC4=C32)c1. The van der Waals surface area contributed by atoms with Gasteiger partial charge in [-0.2, -0.15) is 0 Å². The molecule has 0 spiro atoms. The third-order valence-electron chi connectivity index (χ3n) is 8.99. The van der Waals surface area contributed by atoms with Gasteiger partial charge in [0.2, 0.25) is 0 Å². The van der Waals surface area contributed by atoms with Crippen molar-refractivity contribution in [1.29, 1.82) is 0 Å². The minimum atomic E-state index is -0.664. The van der Waals surface area contributed by atoms with Gasteiger partial charge < -0.3 is 5.11 Å². The minimum absolute atomic E-state index is 0.0892. The molecule has 158 valence electrons. The van der Waals surface area contributed by atoms with Gasteiger partial charge in [0.05, 0.1) is 5.60 Å². The van der Waals surface area contributed by atoms with E-state index in [1.165, 1.54) is 22.3 Å². The Kier molecular flexibility index (Phi) is 4.49. The third kappa shape index (κ3) is 2.81. The number of carbonyl (C=O) groups is 2. The van der Waals surface area contributed by atoms with E-state index in [-0.39, 0.29) is 22.9 Å². The lowest BCUT2D eigenvalue weighted by Crippen LogP contribution is -2.50. The first-order chi connectivity index (χ1) is 14.2. The Morgan fingerprint density at radius 2 is 1.93 bits per heavy atom. The fourth-order valence-corrected chi connectivity index (χ4v) is 7.15. The van der Waals surface area contributed by atoms with Crippen molar-refractivity contribution in [2.75, 3.05) is 0 Å². The number of benzene rings is 1. The largest absolute Gasteiger partial charge is 0.390 e. The zero-order valence-electron chi connectivity index (χ0n) is 18.3. The predicted molar refractivity (Wildman–Crippen MR) is 117 cm³/mol. The minimum Gasteiger partial charge on any atom is -0.390 e. The molecule has 0 bridgehead atoms. The Balaban J connectivity index is 1.70. The second-order valence-electron chi connectivity index (χ2n) is 10.5. The van der Waals surface area contributed by atoms with Crippen molar-refractivity contribution in [3.05, 3.63) is 58.2 Å². The summed E-state index contributed by atoms with van der Waals surface area (Å²) in [6, 6.07) is 8.11. The fourth-order valence-electron chi connectivity index (χ4n) is 7.15. The van der Waals surface area contributed by atoms with E-state index in [4.69, 9.17) is 0 Å². The third-order valence-corrected chi connectivity index (χ3v) is 8.99. The lowest BCUT2D eigenvalue weighted by molar-refractivity contribution is -0.114. The van der Waals surface area contributed by atoms with Gasteiger partial charge in [0.25, 0.3) is 0 Å². The average Bonchev–Trinajstić information content (AvgIpc) is 2.96. The number of fused-ring (bicyclic) bond motifs is 4. The van der Waals surface area contributed by atoms with Gasteiger partial charge in [0, 0.05) is 23.3 Å². The number of Topliss-reactive ketones (excluding diaryl/α,β-unsaturated/α-hetero) is 1. The molecule has 4 aliphatic rings. The molecule has 5 rings (SSSR count). The molecule has 3 nitrogen and oxygen atoms in total. The maximum atomic E-state index is 12.1. The van der Waals surface area contributed by atoms with E-state index in [0.29, 0.717) is 18.3 Å². The Labute approximate surface area is 179 Å². The molecule has 3 heteroatoms. The normalized spacial score (nSPS) is 37.9. The lowest BCUT2D eigenvalue weighted by Gasteiger charge is -2.54. The van der Waals surface area contributed by atoms with E-state index in [0.717, 1.165) is 44.1 Å². The summed E-state index contributed by atoms with van der Waals surface area (Å²) in [4.78, 5) is 24.2. The summed E-state index contributed by atoms with van der Waals surface area (Å²) in [5.41, 5.74) is 5.33. The number of rotatable bonds is 2. The highest BCUT2D eigenvalue weighted by Gasteiger charge is 2.61. The topological polar surface area (TPSA) is 54.4 Å². The van der Waals surface area contributed by atoms with E-state index in [2.05, 4.69) is 19.1 Å². The van der Waals surface area contributed by atoms with Gasteiger partial charge in [0.15, 0.2) is 11.6 Å². The Hall–Kier alpha value is -2.00. The number of carbonyl (C=O) groups excluding carboxylic acids is 2. The number of aliphatic hydroxyl groups is 1. The quantitative estimate of drug-likeness (QED) is 0.659. The van der Waals surface area contributed by atoms with Crippen LogP contribution in [0.2, 0.25) is 0 Å². The van der Waals surface area contributed by atoms with Crippen molar-refractivity contribution >= 4 is 11.6 Å². The standard InChI is InChI=1S/C27H32O3/c1-16(28)17-5-4-6-18(13-17)23-15-26(2)24(11-12-27(26,3)30)22-9-7-19-14-20(29)8-10-21(19)25(22)23/h4-6,13-14,22-24,30H,7-12,15H2,1-3H3/t22?,23-,24?,26?,27?/m1/s1. The molecule has 0 aliphatic heterocycles. The van der Waals surface area contributed by atoms with Crippen LogP contribution in [0.5, 0.6) is 0 Å². The zero-order valence-corrected chi connectivity index (χ0v) is 18.3. The number of ketones is 2. The van der Waals surface area contributed by atoms with Crippen molar-refractivity contribution < 1.29 is 14.7 Å². The Bertz CT molecular complexity index is 995. The summed E-state index contributed by atoms with van der Waals surface area (Å²) >= 11 is 0. The molecule has 2 fully saturated rings. The van der Waals surface area contributed by atoms with E-state index in [9.17, 15) is 14.7 Å². The molecule has 4 unspecified atom stereocenters. The van der Waals surface area contributed by atoms with Gasteiger partial charge in [-0.05, 0) is 93.1 Å². The highest BCUT2D eigenvalue weighted by molar-refractivity contribution is 5.94. The average molecular weight is 405 g/mol. The second kappa shape index (κ2) is 6.75. The van der Waals surface area contributed by atoms with Crippen molar-refractivity contribution in [1.82, 2.24) is 0 Å². The monoisotopic (exact) mass is 404 g/mol. The van der Waals surface area contributed by atoms with Gasteiger partial charge >= 0.3 is 0 Å². The molecule has 5 atom stereocenters. The van der Waals surface area contributed by atoms with Crippen LogP contribution < -0.4 is 0 Å². The van der Waals surface area contributed by atoms with Gasteiger partial charge in [-0.15, -0.1) is 0 Å². The lowest BCUT2D eigenvalue weighted by atomic mass is 9.51. The summed E-state index contributed by atoms with van der Waals surface area (Å²) in [5.74, 6) is 1.50. The molecule has 0 heterocycles. The molecule has 4 aliphatic carbocycles. The molecule has 0 saturated heterocycles. The van der Waals surface area contributed by atoms with Crippen LogP contribution in [0.3, 0.4) is 0 Å². The van der Waals surface area contributed by atoms with E-state index < -0.39 is 5.60 Å². The molecule has 30 heavy (non-hydrogen) atoms. The van der Waals surface area contributed by atoms with Gasteiger partial charge in [-0.3, -0.25) is 9.59 Å². The first kappa shape index (κ1) is 19.9. The van der Waals surface area contributed by atoms with Crippen LogP contribution >= 0.6 is 0 Å². The predicted octanol–water partition coefficient (Wildman–Crippen LogP) is 5.54. The molecular weight excluding hydrogens is 372 g/mol. The summed E-state index contributed by atoms with van der Waals surface area (Å²) in [6.45, 7) is 5.95. The molecule has 0 aromatic heterocycles. The first-order valence-corrected chi connectivity index (χ1v) is 11.5. The summed E-state index contributed by atoms with van der Waals surface area (Å²) in [6.07, 6.45) is 8.22. The van der Waals surface area contributed by atoms with E-state index in [1.807, 2.05) is 25.1 Å². The summed E-state index contributed by atoms with van der Waals surface area (Å²) in [7, 11) is 0.